The van der Waals surface area contributed by atoms with Crippen molar-refractivity contribution in [1.82, 2.24) is 9.97 Å². The number of rotatable bonds is 4. The van der Waals surface area contributed by atoms with Crippen molar-refractivity contribution in [2.75, 3.05) is 0 Å². The number of H-pyrrole nitrogens is 1. The summed E-state index contributed by atoms with van der Waals surface area (Å²) in [6, 6.07) is 12.5. The fourth-order valence-electron chi connectivity index (χ4n) is 2.24. The number of benzene rings is 1. The molecule has 2 aromatic heterocycles. The highest BCUT2D eigenvalue weighted by Gasteiger charge is 2.05. The minimum atomic E-state index is -2.92. The van der Waals surface area contributed by atoms with Crippen LogP contribution in [-0.2, 0) is 15.7 Å². The maximum absolute atomic E-state index is 11.3. The summed E-state index contributed by atoms with van der Waals surface area (Å²) < 4.78 is 15.3. The second-order valence-electron chi connectivity index (χ2n) is 4.69. The van der Waals surface area contributed by atoms with Crippen molar-refractivity contribution in [1.29, 1.82) is 0 Å². The lowest BCUT2D eigenvalue weighted by Gasteiger charge is -2.07. The molecular formula is C15H13N2O4P. The molecule has 0 saturated heterocycles. The van der Waals surface area contributed by atoms with Gasteiger partial charge in [0.05, 0.1) is 6.61 Å². The lowest BCUT2D eigenvalue weighted by Crippen LogP contribution is -2.03. The van der Waals surface area contributed by atoms with Crippen molar-refractivity contribution >= 4 is 19.3 Å². The van der Waals surface area contributed by atoms with Gasteiger partial charge >= 0.3 is 8.25 Å². The van der Waals surface area contributed by atoms with Crippen LogP contribution in [-0.4, -0.2) is 14.9 Å². The van der Waals surface area contributed by atoms with Gasteiger partial charge in [0.1, 0.15) is 5.65 Å². The quantitative estimate of drug-likeness (QED) is 0.721. The molecule has 2 heterocycles. The van der Waals surface area contributed by atoms with Crippen molar-refractivity contribution in [2.24, 2.45) is 0 Å². The number of aromatic amines is 1. The number of pyridine rings is 2. The number of hydrogen-bond donors (Lipinski definition) is 2. The molecule has 7 heteroatoms. The molecule has 22 heavy (non-hydrogen) atoms. The van der Waals surface area contributed by atoms with Gasteiger partial charge in [0.15, 0.2) is 0 Å². The molecule has 6 nitrogen and oxygen atoms in total. The van der Waals surface area contributed by atoms with Crippen LogP contribution in [0.2, 0.25) is 0 Å². The van der Waals surface area contributed by atoms with Gasteiger partial charge in [-0.1, -0.05) is 24.3 Å². The zero-order chi connectivity index (χ0) is 15.5. The minimum Gasteiger partial charge on any atom is -0.326 e. The summed E-state index contributed by atoms with van der Waals surface area (Å²) in [5.41, 5.74) is 3.06. The molecule has 0 fully saturated rings. The van der Waals surface area contributed by atoms with E-state index < -0.39 is 8.25 Å². The standard InChI is InChI=1S/C15H13N2O4P/c18-14-6-5-13-12(7-8-16-15(13)17-14)11-3-1-10(2-4-11)9-21-22(19)20/h1-8,22H,9H2,(H,19,20)(H,16,17,18). The van der Waals surface area contributed by atoms with Crippen molar-refractivity contribution in [3.63, 3.8) is 0 Å². The SMILES string of the molecule is O=c1ccc2c(-c3ccc(CO[PH](=O)O)cc3)ccnc2[nH]1. The van der Waals surface area contributed by atoms with E-state index in [1.807, 2.05) is 30.3 Å². The summed E-state index contributed by atoms with van der Waals surface area (Å²) >= 11 is 0. The van der Waals surface area contributed by atoms with E-state index in [2.05, 4.69) is 9.97 Å². The van der Waals surface area contributed by atoms with E-state index >= 15 is 0 Å². The summed E-state index contributed by atoms with van der Waals surface area (Å²) in [6.07, 6.45) is 1.64. The van der Waals surface area contributed by atoms with Crippen LogP contribution in [0.3, 0.4) is 0 Å². The first-order valence-electron chi connectivity index (χ1n) is 6.56. The lowest BCUT2D eigenvalue weighted by atomic mass is 10.0. The molecular weight excluding hydrogens is 303 g/mol. The smallest absolute Gasteiger partial charge is 0.316 e. The molecule has 0 amide bonds. The van der Waals surface area contributed by atoms with Crippen LogP contribution in [0, 0.1) is 0 Å². The van der Waals surface area contributed by atoms with Crippen LogP contribution in [0.1, 0.15) is 5.56 Å². The monoisotopic (exact) mass is 316 g/mol. The number of hydrogen-bond acceptors (Lipinski definition) is 4. The first-order chi connectivity index (χ1) is 10.6. The van der Waals surface area contributed by atoms with Crippen LogP contribution in [0.15, 0.2) is 53.5 Å². The Bertz CT molecular complexity index is 890. The third kappa shape index (κ3) is 3.14. The third-order valence-electron chi connectivity index (χ3n) is 3.26. The summed E-state index contributed by atoms with van der Waals surface area (Å²) in [5, 5.41) is 0.853. The van der Waals surface area contributed by atoms with E-state index in [1.165, 1.54) is 6.07 Å². The Morgan fingerprint density at radius 3 is 2.64 bits per heavy atom. The molecule has 2 N–H and O–H groups in total. The van der Waals surface area contributed by atoms with Crippen molar-refractivity contribution < 1.29 is 14.0 Å². The number of nitrogens with zero attached hydrogens (tertiary/aromatic N) is 1. The van der Waals surface area contributed by atoms with Crippen LogP contribution >= 0.6 is 8.25 Å². The van der Waals surface area contributed by atoms with Gasteiger partial charge in [0, 0.05) is 17.6 Å². The molecule has 0 bridgehead atoms. The van der Waals surface area contributed by atoms with Crippen LogP contribution < -0.4 is 5.56 Å². The number of fused-ring (bicyclic) bond motifs is 1. The molecule has 0 aliphatic heterocycles. The van der Waals surface area contributed by atoms with Gasteiger partial charge in [0.2, 0.25) is 5.56 Å². The number of aromatic nitrogens is 2. The Balaban J connectivity index is 1.97. The van der Waals surface area contributed by atoms with Gasteiger partial charge in [-0.2, -0.15) is 0 Å². The summed E-state index contributed by atoms with van der Waals surface area (Å²) in [5.74, 6) is 0. The highest BCUT2D eigenvalue weighted by Crippen LogP contribution is 2.27. The first-order valence-corrected chi connectivity index (χ1v) is 7.83. The molecule has 3 aromatic rings. The molecule has 1 aromatic carbocycles. The Hall–Kier alpha value is -2.27. The van der Waals surface area contributed by atoms with Crippen LogP contribution in [0.25, 0.3) is 22.2 Å². The van der Waals surface area contributed by atoms with Crippen LogP contribution in [0.5, 0.6) is 0 Å². The van der Waals surface area contributed by atoms with Crippen molar-refractivity contribution in [3.8, 4) is 11.1 Å². The van der Waals surface area contributed by atoms with E-state index in [0.717, 1.165) is 22.1 Å². The van der Waals surface area contributed by atoms with Gasteiger partial charge in [0.25, 0.3) is 0 Å². The predicted molar refractivity (Wildman–Crippen MR) is 83.8 cm³/mol. The lowest BCUT2D eigenvalue weighted by molar-refractivity contribution is 0.272. The van der Waals surface area contributed by atoms with E-state index in [4.69, 9.17) is 9.42 Å². The molecule has 0 spiro atoms. The largest absolute Gasteiger partial charge is 0.326 e. The average Bonchev–Trinajstić information content (AvgIpc) is 2.52. The van der Waals surface area contributed by atoms with Gasteiger partial charge in [-0.3, -0.25) is 9.36 Å². The Labute approximate surface area is 126 Å². The maximum Gasteiger partial charge on any atom is 0.316 e. The van der Waals surface area contributed by atoms with Gasteiger partial charge < -0.3 is 14.4 Å². The summed E-state index contributed by atoms with van der Waals surface area (Å²) in [6.45, 7) is 0.0962. The van der Waals surface area contributed by atoms with E-state index in [0.29, 0.717) is 5.65 Å². The van der Waals surface area contributed by atoms with E-state index in [-0.39, 0.29) is 12.2 Å². The van der Waals surface area contributed by atoms with E-state index in [9.17, 15) is 9.36 Å². The normalized spacial score (nSPS) is 12.4. The average molecular weight is 316 g/mol. The van der Waals surface area contributed by atoms with E-state index in [1.54, 1.807) is 12.3 Å². The molecule has 0 saturated carbocycles. The molecule has 3 rings (SSSR count). The topological polar surface area (TPSA) is 92.3 Å². The predicted octanol–water partition coefficient (Wildman–Crippen LogP) is 2.49. The molecule has 0 aliphatic rings. The highest BCUT2D eigenvalue weighted by atomic mass is 31.1. The Kier molecular flexibility index (Phi) is 4.15. The molecule has 0 aliphatic carbocycles. The molecule has 1 atom stereocenters. The Morgan fingerprint density at radius 1 is 1.14 bits per heavy atom. The van der Waals surface area contributed by atoms with Gasteiger partial charge in [-0.05, 0) is 28.8 Å². The molecule has 1 unspecified atom stereocenters. The second-order valence-corrected chi connectivity index (χ2v) is 5.52. The van der Waals surface area contributed by atoms with Gasteiger partial charge in [-0.15, -0.1) is 0 Å². The zero-order valence-corrected chi connectivity index (χ0v) is 12.4. The second kappa shape index (κ2) is 6.23. The third-order valence-corrected chi connectivity index (χ3v) is 3.65. The fraction of sp³-hybridized carbons (Fsp3) is 0.0667. The molecule has 112 valence electrons. The van der Waals surface area contributed by atoms with Crippen molar-refractivity contribution in [3.05, 3.63) is 64.6 Å². The molecule has 0 radical (unpaired) electrons. The first kappa shape index (κ1) is 14.7. The fourth-order valence-corrected chi connectivity index (χ4v) is 2.53. The maximum atomic E-state index is 11.3. The van der Waals surface area contributed by atoms with Crippen LogP contribution in [0.4, 0.5) is 0 Å². The summed E-state index contributed by atoms with van der Waals surface area (Å²) in [7, 11) is -2.92. The highest BCUT2D eigenvalue weighted by molar-refractivity contribution is 7.32. The number of nitrogens with one attached hydrogen (secondary N) is 1. The zero-order valence-electron chi connectivity index (χ0n) is 11.4. The summed E-state index contributed by atoms with van der Waals surface area (Å²) in [4.78, 5) is 26.9. The minimum absolute atomic E-state index is 0.0962. The Morgan fingerprint density at radius 2 is 1.91 bits per heavy atom. The van der Waals surface area contributed by atoms with Crippen molar-refractivity contribution in [2.45, 2.75) is 6.61 Å². The van der Waals surface area contributed by atoms with Gasteiger partial charge in [-0.25, -0.2) is 4.98 Å².